The molecule has 6 nitrogen and oxygen atoms in total. The molecule has 0 fully saturated rings. The van der Waals surface area contributed by atoms with Crippen LogP contribution in [0, 0.1) is 11.7 Å². The van der Waals surface area contributed by atoms with Gasteiger partial charge in [0.25, 0.3) is 0 Å². The van der Waals surface area contributed by atoms with Gasteiger partial charge in [-0.2, -0.15) is 4.98 Å². The number of ether oxygens (including phenoxy) is 1. The second kappa shape index (κ2) is 7.71. The fourth-order valence-electron chi connectivity index (χ4n) is 1.94. The Morgan fingerprint density at radius 2 is 2.08 bits per heavy atom. The molecule has 2 rings (SSSR count). The van der Waals surface area contributed by atoms with Crippen LogP contribution in [0.1, 0.15) is 20.3 Å². The minimum Gasteiger partial charge on any atom is -0.359 e. The van der Waals surface area contributed by atoms with E-state index in [4.69, 9.17) is 4.74 Å². The zero-order valence-corrected chi connectivity index (χ0v) is 16.1. The normalized spacial score (nSPS) is 12.1. The van der Waals surface area contributed by atoms with Crippen molar-refractivity contribution in [1.29, 1.82) is 0 Å². The molecule has 0 aliphatic rings. The lowest BCUT2D eigenvalue weighted by Crippen LogP contribution is -2.13. The van der Waals surface area contributed by atoms with Gasteiger partial charge in [0.2, 0.25) is 15.0 Å². The Kier molecular flexibility index (Phi) is 6.11. The first-order chi connectivity index (χ1) is 11.2. The predicted molar refractivity (Wildman–Crippen MR) is 91.6 cm³/mol. The highest BCUT2D eigenvalue weighted by Crippen LogP contribution is 2.24. The van der Waals surface area contributed by atoms with E-state index in [1.165, 1.54) is 12.1 Å². The molecule has 0 amide bonds. The Labute approximate surface area is 149 Å². The van der Waals surface area contributed by atoms with Gasteiger partial charge >= 0.3 is 0 Å². The number of hydrogen-bond donors (Lipinski definition) is 0. The zero-order valence-electron chi connectivity index (χ0n) is 13.7. The minimum atomic E-state index is -3.62. The van der Waals surface area contributed by atoms with E-state index in [-0.39, 0.29) is 23.3 Å². The van der Waals surface area contributed by atoms with Crippen LogP contribution in [0.4, 0.5) is 4.39 Å². The number of nitrogens with zero attached hydrogens (tertiary/aromatic N) is 3. The smallest absolute Gasteiger partial charge is 0.248 e. The average molecular weight is 420 g/mol. The lowest BCUT2D eigenvalue weighted by atomic mass is 10.1. The van der Waals surface area contributed by atoms with Crippen LogP contribution in [0.3, 0.4) is 0 Å². The summed E-state index contributed by atoms with van der Waals surface area (Å²) in [6.45, 7) is 4.55. The van der Waals surface area contributed by atoms with Crippen LogP contribution in [0.2, 0.25) is 0 Å². The lowest BCUT2D eigenvalue weighted by molar-refractivity contribution is 0.0552. The van der Waals surface area contributed by atoms with E-state index in [1.807, 2.05) is 0 Å². The maximum Gasteiger partial charge on any atom is 0.248 e. The summed E-state index contributed by atoms with van der Waals surface area (Å²) >= 11 is 3.17. The van der Waals surface area contributed by atoms with Crippen LogP contribution in [-0.2, 0) is 21.3 Å². The topological polar surface area (TPSA) is 74.1 Å². The van der Waals surface area contributed by atoms with Gasteiger partial charge < -0.3 is 4.74 Å². The molecule has 0 aliphatic carbocycles. The van der Waals surface area contributed by atoms with Gasteiger partial charge in [0.1, 0.15) is 12.5 Å². The number of rotatable bonds is 7. The molecule has 0 radical (unpaired) electrons. The van der Waals surface area contributed by atoms with Gasteiger partial charge in [-0.25, -0.2) is 17.5 Å². The number of hydrogen-bond acceptors (Lipinski definition) is 5. The molecular weight excluding hydrogens is 401 g/mol. The van der Waals surface area contributed by atoms with Crippen LogP contribution in [0.15, 0.2) is 27.8 Å². The van der Waals surface area contributed by atoms with Gasteiger partial charge in [0.15, 0.2) is 5.82 Å². The highest BCUT2D eigenvalue weighted by Gasteiger charge is 2.21. The van der Waals surface area contributed by atoms with E-state index in [2.05, 4.69) is 39.9 Å². The third kappa shape index (κ3) is 4.84. The number of aromatic nitrogens is 3. The van der Waals surface area contributed by atoms with E-state index in [1.54, 1.807) is 6.07 Å². The Balaban J connectivity index is 2.31. The summed E-state index contributed by atoms with van der Waals surface area (Å²) in [5, 5.41) is 3.85. The summed E-state index contributed by atoms with van der Waals surface area (Å²) in [5.74, 6) is -0.0577. The molecule has 0 N–H and O–H groups in total. The summed E-state index contributed by atoms with van der Waals surface area (Å²) in [5.41, 5.74) is 0.129. The molecule has 132 valence electrons. The lowest BCUT2D eigenvalue weighted by Gasteiger charge is -2.07. The minimum absolute atomic E-state index is 0.00730. The molecule has 1 aromatic heterocycles. The van der Waals surface area contributed by atoms with Crippen molar-refractivity contribution in [3.05, 3.63) is 28.5 Å². The van der Waals surface area contributed by atoms with Crippen molar-refractivity contribution in [3.63, 3.8) is 0 Å². The van der Waals surface area contributed by atoms with E-state index in [9.17, 15) is 12.8 Å². The summed E-state index contributed by atoms with van der Waals surface area (Å²) in [6, 6.07) is 4.40. The van der Waals surface area contributed by atoms with Crippen LogP contribution in [0.5, 0.6) is 0 Å². The van der Waals surface area contributed by atoms with Gasteiger partial charge in [-0.05, 0) is 30.5 Å². The standard InChI is InChI=1S/C15H19BrFN3O3S/c1-10(2)6-7-23-9-20-15(24(3,21)22)18-14(19-20)12-5-4-11(16)8-13(12)17/h4-5,8,10H,6-7,9H2,1-3H3. The van der Waals surface area contributed by atoms with Crippen molar-refractivity contribution in [3.8, 4) is 11.4 Å². The van der Waals surface area contributed by atoms with Crippen molar-refractivity contribution >= 4 is 25.8 Å². The van der Waals surface area contributed by atoms with Gasteiger partial charge in [-0.3, -0.25) is 0 Å². The molecule has 1 heterocycles. The van der Waals surface area contributed by atoms with E-state index >= 15 is 0 Å². The number of halogens is 2. The Bertz CT molecular complexity index is 821. The maximum atomic E-state index is 14.1. The van der Waals surface area contributed by atoms with E-state index < -0.39 is 15.7 Å². The van der Waals surface area contributed by atoms with E-state index in [0.29, 0.717) is 17.0 Å². The van der Waals surface area contributed by atoms with Crippen LogP contribution >= 0.6 is 15.9 Å². The average Bonchev–Trinajstić information content (AvgIpc) is 2.87. The third-order valence-corrected chi connectivity index (χ3v) is 4.65. The zero-order chi connectivity index (χ0) is 17.9. The Morgan fingerprint density at radius 3 is 2.67 bits per heavy atom. The van der Waals surface area contributed by atoms with Crippen molar-refractivity contribution in [2.75, 3.05) is 12.9 Å². The molecule has 0 spiro atoms. The van der Waals surface area contributed by atoms with Crippen molar-refractivity contribution in [2.45, 2.75) is 32.2 Å². The molecule has 24 heavy (non-hydrogen) atoms. The third-order valence-electron chi connectivity index (χ3n) is 3.19. The largest absolute Gasteiger partial charge is 0.359 e. The molecule has 0 bridgehead atoms. The fraction of sp³-hybridized carbons (Fsp3) is 0.467. The van der Waals surface area contributed by atoms with Gasteiger partial charge in [0, 0.05) is 17.3 Å². The van der Waals surface area contributed by atoms with Crippen LogP contribution in [0.25, 0.3) is 11.4 Å². The quantitative estimate of drug-likeness (QED) is 0.643. The molecule has 0 saturated carbocycles. The molecular formula is C15H19BrFN3O3S. The van der Waals surface area contributed by atoms with Gasteiger partial charge in [-0.1, -0.05) is 29.8 Å². The first-order valence-electron chi connectivity index (χ1n) is 7.36. The summed E-state index contributed by atoms with van der Waals surface area (Å²) in [7, 11) is -3.62. The van der Waals surface area contributed by atoms with Gasteiger partial charge in [-0.15, -0.1) is 5.10 Å². The van der Waals surface area contributed by atoms with Gasteiger partial charge in [0.05, 0.1) is 5.56 Å². The van der Waals surface area contributed by atoms with Crippen LogP contribution < -0.4 is 0 Å². The maximum absolute atomic E-state index is 14.1. The van der Waals surface area contributed by atoms with E-state index in [0.717, 1.165) is 17.4 Å². The molecule has 0 saturated heterocycles. The summed E-state index contributed by atoms with van der Waals surface area (Å²) in [4.78, 5) is 3.98. The molecule has 0 unspecified atom stereocenters. The summed E-state index contributed by atoms with van der Waals surface area (Å²) < 4.78 is 45.0. The monoisotopic (exact) mass is 419 g/mol. The number of sulfone groups is 1. The number of benzene rings is 1. The predicted octanol–water partition coefficient (Wildman–Crippen LogP) is 3.27. The Morgan fingerprint density at radius 1 is 1.38 bits per heavy atom. The van der Waals surface area contributed by atoms with Crippen molar-refractivity contribution < 1.29 is 17.5 Å². The molecule has 0 aliphatic heterocycles. The molecule has 1 aromatic carbocycles. The van der Waals surface area contributed by atoms with Crippen molar-refractivity contribution in [2.24, 2.45) is 5.92 Å². The first-order valence-corrected chi connectivity index (χ1v) is 10.0. The molecule has 0 atom stereocenters. The highest BCUT2D eigenvalue weighted by atomic mass is 79.9. The Hall–Kier alpha value is -1.32. The first kappa shape index (κ1) is 19.0. The highest BCUT2D eigenvalue weighted by molar-refractivity contribution is 9.10. The molecule has 2 aromatic rings. The second-order valence-corrected chi connectivity index (χ2v) is 8.66. The van der Waals surface area contributed by atoms with Crippen molar-refractivity contribution in [1.82, 2.24) is 14.8 Å². The molecule has 9 heteroatoms. The van der Waals surface area contributed by atoms with Crippen LogP contribution in [-0.4, -0.2) is 36.0 Å². The summed E-state index contributed by atoms with van der Waals surface area (Å²) in [6.07, 6.45) is 1.88. The second-order valence-electron chi connectivity index (χ2n) is 5.83. The SMILES string of the molecule is CC(C)CCOCn1nc(-c2ccc(Br)cc2F)nc1S(C)(=O)=O. The fourth-order valence-corrected chi connectivity index (χ4v) is 3.00.